The molecule has 1 rings (SSSR count). The van der Waals surface area contributed by atoms with Crippen LogP contribution >= 0.6 is 0 Å². The molecule has 1 unspecified atom stereocenters. The summed E-state index contributed by atoms with van der Waals surface area (Å²) in [4.78, 5) is 0. The van der Waals surface area contributed by atoms with E-state index in [9.17, 15) is 4.39 Å². The Balaban J connectivity index is 2.61. The van der Waals surface area contributed by atoms with E-state index in [0.29, 0.717) is 13.0 Å². The van der Waals surface area contributed by atoms with Gasteiger partial charge in [-0.3, -0.25) is 0 Å². The first-order valence-corrected chi connectivity index (χ1v) is 4.09. The van der Waals surface area contributed by atoms with Gasteiger partial charge in [-0.2, -0.15) is 0 Å². The molecule has 0 spiro atoms. The predicted octanol–water partition coefficient (Wildman–Crippen LogP) is 0.941. The molecule has 1 saturated heterocycles. The summed E-state index contributed by atoms with van der Waals surface area (Å²) in [5.74, 6) is -0.0995. The molecule has 0 aromatic heterocycles. The molecule has 0 aromatic rings. The van der Waals surface area contributed by atoms with E-state index in [-0.39, 0.29) is 11.9 Å². The van der Waals surface area contributed by atoms with E-state index in [4.69, 9.17) is 5.73 Å². The quantitative estimate of drug-likeness (QED) is 0.627. The molecule has 2 nitrogen and oxygen atoms in total. The van der Waals surface area contributed by atoms with Gasteiger partial charge in [-0.05, 0) is 25.0 Å². The topological polar surface area (TPSA) is 38.0 Å². The van der Waals surface area contributed by atoms with Crippen LogP contribution in [0, 0.1) is 0 Å². The zero-order valence-electron chi connectivity index (χ0n) is 6.86. The van der Waals surface area contributed by atoms with Crippen molar-refractivity contribution in [3.63, 3.8) is 0 Å². The van der Waals surface area contributed by atoms with Crippen LogP contribution in [0.15, 0.2) is 11.4 Å². The van der Waals surface area contributed by atoms with Gasteiger partial charge in [-0.15, -0.1) is 0 Å². The Morgan fingerprint density at radius 1 is 1.82 bits per heavy atom. The highest BCUT2D eigenvalue weighted by atomic mass is 19.1. The van der Waals surface area contributed by atoms with Crippen molar-refractivity contribution < 1.29 is 4.39 Å². The minimum absolute atomic E-state index is 0.0995. The molecule has 0 saturated carbocycles. The van der Waals surface area contributed by atoms with Crippen molar-refractivity contribution in [3.05, 3.63) is 11.4 Å². The first kappa shape index (κ1) is 8.68. The third kappa shape index (κ3) is 2.01. The monoisotopic (exact) mass is 158 g/mol. The second kappa shape index (κ2) is 3.83. The fourth-order valence-electron chi connectivity index (χ4n) is 1.21. The summed E-state index contributed by atoms with van der Waals surface area (Å²) in [5, 5.41) is 3.08. The smallest absolute Gasteiger partial charge is 0.117 e. The highest BCUT2D eigenvalue weighted by molar-refractivity contribution is 5.17. The van der Waals surface area contributed by atoms with Crippen molar-refractivity contribution >= 4 is 0 Å². The average molecular weight is 158 g/mol. The minimum atomic E-state index is -0.384. The van der Waals surface area contributed by atoms with Crippen LogP contribution in [0.3, 0.4) is 0 Å². The van der Waals surface area contributed by atoms with Crippen molar-refractivity contribution in [2.75, 3.05) is 13.1 Å². The lowest BCUT2D eigenvalue weighted by Gasteiger charge is -2.07. The van der Waals surface area contributed by atoms with Gasteiger partial charge in [0.15, 0.2) is 0 Å². The molecule has 1 atom stereocenters. The molecule has 3 N–H and O–H groups in total. The van der Waals surface area contributed by atoms with Crippen molar-refractivity contribution in [3.8, 4) is 0 Å². The number of rotatable bonds is 2. The lowest BCUT2D eigenvalue weighted by Crippen LogP contribution is -2.21. The van der Waals surface area contributed by atoms with Gasteiger partial charge < -0.3 is 11.1 Å². The maximum absolute atomic E-state index is 13.2. The van der Waals surface area contributed by atoms with Crippen molar-refractivity contribution in [1.82, 2.24) is 5.32 Å². The molecule has 64 valence electrons. The molecule has 0 aliphatic carbocycles. The average Bonchev–Trinajstić information content (AvgIpc) is 2.53. The molecular formula is C8H15FN2. The summed E-state index contributed by atoms with van der Waals surface area (Å²) in [5.41, 5.74) is 6.40. The molecule has 3 heteroatoms. The maximum Gasteiger partial charge on any atom is 0.117 e. The van der Waals surface area contributed by atoms with E-state index in [1.165, 1.54) is 0 Å². The Kier molecular flexibility index (Phi) is 3.02. The second-order valence-corrected chi connectivity index (χ2v) is 2.89. The minimum Gasteiger partial charge on any atom is -0.322 e. The maximum atomic E-state index is 13.2. The molecule has 0 radical (unpaired) electrons. The molecular weight excluding hydrogens is 143 g/mol. The standard InChI is InChI=1S/C8H15FN2/c1-2-7(10)8(9)6-3-4-11-5-6/h7,11H,2-5,10H2,1H3. The SMILES string of the molecule is CCC(N)C(F)=C1CCNC1. The molecule has 1 aliphatic heterocycles. The van der Waals surface area contributed by atoms with Gasteiger partial charge in [0.25, 0.3) is 0 Å². The summed E-state index contributed by atoms with van der Waals surface area (Å²) in [6.45, 7) is 3.46. The zero-order chi connectivity index (χ0) is 8.27. The van der Waals surface area contributed by atoms with Gasteiger partial charge in [-0.25, -0.2) is 4.39 Å². The number of hydrogen-bond acceptors (Lipinski definition) is 2. The molecule has 0 bridgehead atoms. The number of hydrogen-bond donors (Lipinski definition) is 2. The lowest BCUT2D eigenvalue weighted by atomic mass is 10.1. The zero-order valence-corrected chi connectivity index (χ0v) is 6.86. The Bertz CT molecular complexity index is 157. The summed E-state index contributed by atoms with van der Waals surface area (Å²) >= 11 is 0. The van der Waals surface area contributed by atoms with Crippen molar-refractivity contribution in [2.24, 2.45) is 5.73 Å². The Hall–Kier alpha value is -0.410. The van der Waals surface area contributed by atoms with Crippen LogP contribution in [0.1, 0.15) is 19.8 Å². The molecule has 1 fully saturated rings. The van der Waals surface area contributed by atoms with E-state index in [2.05, 4.69) is 5.32 Å². The molecule has 11 heavy (non-hydrogen) atoms. The normalized spacial score (nSPS) is 25.4. The van der Waals surface area contributed by atoms with Gasteiger partial charge in [0.05, 0.1) is 6.04 Å². The summed E-state index contributed by atoms with van der Waals surface area (Å²) < 4.78 is 13.2. The summed E-state index contributed by atoms with van der Waals surface area (Å²) in [7, 11) is 0. The molecule has 1 heterocycles. The second-order valence-electron chi connectivity index (χ2n) is 2.89. The van der Waals surface area contributed by atoms with Crippen LogP contribution < -0.4 is 11.1 Å². The Morgan fingerprint density at radius 3 is 3.00 bits per heavy atom. The van der Waals surface area contributed by atoms with Gasteiger partial charge in [0, 0.05) is 6.54 Å². The number of nitrogens with one attached hydrogen (secondary N) is 1. The molecule has 0 aromatic carbocycles. The van der Waals surface area contributed by atoms with Crippen LogP contribution in [-0.2, 0) is 0 Å². The highest BCUT2D eigenvalue weighted by Crippen LogP contribution is 2.17. The van der Waals surface area contributed by atoms with Crippen LogP contribution in [0.25, 0.3) is 0 Å². The van der Waals surface area contributed by atoms with Crippen LogP contribution in [-0.4, -0.2) is 19.1 Å². The van der Waals surface area contributed by atoms with Gasteiger partial charge in [0.2, 0.25) is 0 Å². The van der Waals surface area contributed by atoms with Gasteiger partial charge >= 0.3 is 0 Å². The lowest BCUT2D eigenvalue weighted by molar-refractivity contribution is 0.518. The fourth-order valence-corrected chi connectivity index (χ4v) is 1.21. The van der Waals surface area contributed by atoms with Crippen LogP contribution in [0.2, 0.25) is 0 Å². The first-order chi connectivity index (χ1) is 5.25. The third-order valence-corrected chi connectivity index (χ3v) is 2.05. The number of halogens is 1. The Morgan fingerprint density at radius 2 is 2.55 bits per heavy atom. The van der Waals surface area contributed by atoms with E-state index in [1.54, 1.807) is 0 Å². The largest absolute Gasteiger partial charge is 0.322 e. The van der Waals surface area contributed by atoms with E-state index < -0.39 is 0 Å². The van der Waals surface area contributed by atoms with Crippen molar-refractivity contribution in [1.29, 1.82) is 0 Å². The van der Waals surface area contributed by atoms with Gasteiger partial charge in [0.1, 0.15) is 5.83 Å². The van der Waals surface area contributed by atoms with Crippen LogP contribution in [0.5, 0.6) is 0 Å². The van der Waals surface area contributed by atoms with E-state index in [1.807, 2.05) is 6.92 Å². The van der Waals surface area contributed by atoms with E-state index in [0.717, 1.165) is 18.5 Å². The van der Waals surface area contributed by atoms with Crippen molar-refractivity contribution in [2.45, 2.75) is 25.8 Å². The molecule has 1 aliphatic rings. The van der Waals surface area contributed by atoms with Crippen LogP contribution in [0.4, 0.5) is 4.39 Å². The third-order valence-electron chi connectivity index (χ3n) is 2.05. The molecule has 0 amide bonds. The Labute approximate surface area is 66.7 Å². The highest BCUT2D eigenvalue weighted by Gasteiger charge is 2.15. The predicted molar refractivity (Wildman–Crippen MR) is 43.9 cm³/mol. The fraction of sp³-hybridized carbons (Fsp3) is 0.750. The van der Waals surface area contributed by atoms with Gasteiger partial charge in [-0.1, -0.05) is 6.92 Å². The summed E-state index contributed by atoms with van der Waals surface area (Å²) in [6, 6.07) is -0.384. The summed E-state index contributed by atoms with van der Waals surface area (Å²) in [6.07, 6.45) is 1.49. The first-order valence-electron chi connectivity index (χ1n) is 4.09. The number of nitrogens with two attached hydrogens (primary N) is 1. The van der Waals surface area contributed by atoms with E-state index >= 15 is 0 Å².